The van der Waals surface area contributed by atoms with Crippen LogP contribution in [0.5, 0.6) is 0 Å². The third-order valence-electron chi connectivity index (χ3n) is 2.58. The van der Waals surface area contributed by atoms with E-state index < -0.39 is 0 Å². The van der Waals surface area contributed by atoms with Crippen LogP contribution in [0.3, 0.4) is 0 Å². The molecule has 0 saturated carbocycles. The molecular formula is C11H14IN. The summed E-state index contributed by atoms with van der Waals surface area (Å²) < 4.78 is 1.32. The molecule has 70 valence electrons. The van der Waals surface area contributed by atoms with Crippen LogP contribution < -0.4 is 5.32 Å². The predicted molar refractivity (Wildman–Crippen MR) is 63.8 cm³/mol. The minimum absolute atomic E-state index is 0.603. The maximum Gasteiger partial charge on any atom is 0.0320 e. The number of nitrogens with one attached hydrogen (secondary N) is 1. The molecule has 13 heavy (non-hydrogen) atoms. The van der Waals surface area contributed by atoms with Crippen molar-refractivity contribution in [1.29, 1.82) is 0 Å². The summed E-state index contributed by atoms with van der Waals surface area (Å²) in [7, 11) is 0. The second-order valence-electron chi connectivity index (χ2n) is 3.55. The van der Waals surface area contributed by atoms with Gasteiger partial charge in [-0.15, -0.1) is 0 Å². The van der Waals surface area contributed by atoms with E-state index in [1.165, 1.54) is 34.9 Å². The maximum atomic E-state index is 3.55. The lowest BCUT2D eigenvalue weighted by Gasteiger charge is -2.23. The van der Waals surface area contributed by atoms with Crippen LogP contribution in [0.25, 0.3) is 0 Å². The lowest BCUT2D eigenvalue weighted by Crippen LogP contribution is -2.26. The Morgan fingerprint density at radius 3 is 2.54 bits per heavy atom. The number of benzene rings is 1. The third-order valence-corrected chi connectivity index (χ3v) is 3.30. The van der Waals surface area contributed by atoms with Crippen molar-refractivity contribution in [3.8, 4) is 0 Å². The largest absolute Gasteiger partial charge is 0.310 e. The molecule has 0 spiro atoms. The van der Waals surface area contributed by atoms with Gasteiger partial charge in [-0.3, -0.25) is 0 Å². The molecule has 1 fully saturated rings. The van der Waals surface area contributed by atoms with E-state index in [2.05, 4.69) is 52.2 Å². The highest BCUT2D eigenvalue weighted by Gasteiger charge is 2.13. The Kier molecular flexibility index (Phi) is 3.22. The Balaban J connectivity index is 2.10. The molecular weight excluding hydrogens is 273 g/mol. The first-order valence-electron chi connectivity index (χ1n) is 4.85. The molecule has 0 aromatic heterocycles. The van der Waals surface area contributed by atoms with Crippen molar-refractivity contribution >= 4 is 22.6 Å². The van der Waals surface area contributed by atoms with Crippen LogP contribution in [-0.2, 0) is 0 Å². The van der Waals surface area contributed by atoms with Crippen LogP contribution in [0.15, 0.2) is 24.3 Å². The number of rotatable bonds is 1. The van der Waals surface area contributed by atoms with Gasteiger partial charge in [-0.2, -0.15) is 0 Å². The summed E-state index contributed by atoms with van der Waals surface area (Å²) in [4.78, 5) is 0. The Morgan fingerprint density at radius 1 is 1.15 bits per heavy atom. The van der Waals surface area contributed by atoms with Crippen LogP contribution in [0.1, 0.15) is 30.9 Å². The van der Waals surface area contributed by atoms with E-state index >= 15 is 0 Å². The topological polar surface area (TPSA) is 12.0 Å². The molecule has 1 atom stereocenters. The van der Waals surface area contributed by atoms with Gasteiger partial charge in [0.15, 0.2) is 0 Å². The summed E-state index contributed by atoms with van der Waals surface area (Å²) in [5.41, 5.74) is 1.44. The summed E-state index contributed by atoms with van der Waals surface area (Å²) >= 11 is 2.35. The lowest BCUT2D eigenvalue weighted by molar-refractivity contribution is 0.412. The summed E-state index contributed by atoms with van der Waals surface area (Å²) in [6.07, 6.45) is 3.99. The summed E-state index contributed by atoms with van der Waals surface area (Å²) in [6.45, 7) is 1.18. The molecule has 0 radical (unpaired) electrons. The fraction of sp³-hybridized carbons (Fsp3) is 0.455. The average molecular weight is 287 g/mol. The Bertz CT molecular complexity index is 262. The zero-order valence-electron chi connectivity index (χ0n) is 7.59. The number of halogens is 1. The molecule has 1 unspecified atom stereocenters. The summed E-state index contributed by atoms with van der Waals surface area (Å²) in [5, 5.41) is 3.55. The summed E-state index contributed by atoms with van der Waals surface area (Å²) in [6, 6.07) is 9.46. The van der Waals surface area contributed by atoms with Gasteiger partial charge in [0.2, 0.25) is 0 Å². The van der Waals surface area contributed by atoms with Crippen molar-refractivity contribution in [3.63, 3.8) is 0 Å². The molecule has 2 heteroatoms. The molecule has 0 bridgehead atoms. The van der Waals surface area contributed by atoms with E-state index in [4.69, 9.17) is 0 Å². The van der Waals surface area contributed by atoms with Crippen molar-refractivity contribution < 1.29 is 0 Å². The van der Waals surface area contributed by atoms with Gasteiger partial charge in [-0.25, -0.2) is 0 Å². The zero-order chi connectivity index (χ0) is 9.10. The molecule has 1 saturated heterocycles. The van der Waals surface area contributed by atoms with Gasteiger partial charge in [0.05, 0.1) is 0 Å². The lowest BCUT2D eigenvalue weighted by atomic mass is 9.98. The summed E-state index contributed by atoms with van der Waals surface area (Å²) in [5.74, 6) is 0. The van der Waals surface area contributed by atoms with Gasteiger partial charge in [0.25, 0.3) is 0 Å². The first-order chi connectivity index (χ1) is 6.36. The predicted octanol–water partition coefficient (Wildman–Crippen LogP) is 3.11. The van der Waals surface area contributed by atoms with Crippen molar-refractivity contribution in [3.05, 3.63) is 33.4 Å². The molecule has 1 heterocycles. The van der Waals surface area contributed by atoms with Crippen molar-refractivity contribution in [2.75, 3.05) is 6.54 Å². The second kappa shape index (κ2) is 4.42. The van der Waals surface area contributed by atoms with Crippen molar-refractivity contribution in [1.82, 2.24) is 5.32 Å². The molecule has 0 aliphatic carbocycles. The van der Waals surface area contributed by atoms with Crippen molar-refractivity contribution in [2.24, 2.45) is 0 Å². The number of piperidine rings is 1. The van der Waals surface area contributed by atoms with Gasteiger partial charge in [-0.05, 0) is 59.7 Å². The van der Waals surface area contributed by atoms with Gasteiger partial charge >= 0.3 is 0 Å². The molecule has 1 N–H and O–H groups in total. The highest BCUT2D eigenvalue weighted by molar-refractivity contribution is 14.1. The Labute approximate surface area is 93.1 Å². The molecule has 1 aromatic carbocycles. The van der Waals surface area contributed by atoms with Gasteiger partial charge in [0.1, 0.15) is 0 Å². The molecule has 0 amide bonds. The minimum Gasteiger partial charge on any atom is -0.310 e. The SMILES string of the molecule is Ic1ccc(C2CCCCN2)cc1. The fourth-order valence-electron chi connectivity index (χ4n) is 1.83. The molecule has 1 nitrogen and oxygen atoms in total. The van der Waals surface area contributed by atoms with Gasteiger partial charge in [0, 0.05) is 9.61 Å². The van der Waals surface area contributed by atoms with Crippen LogP contribution in [0, 0.1) is 3.57 Å². The van der Waals surface area contributed by atoms with Crippen molar-refractivity contribution in [2.45, 2.75) is 25.3 Å². The fourth-order valence-corrected chi connectivity index (χ4v) is 2.19. The normalized spacial score (nSPS) is 23.0. The third kappa shape index (κ3) is 2.44. The quantitative estimate of drug-likeness (QED) is 0.783. The van der Waals surface area contributed by atoms with E-state index in [9.17, 15) is 0 Å². The van der Waals surface area contributed by atoms with E-state index in [0.29, 0.717) is 6.04 Å². The Hall–Kier alpha value is -0.0900. The van der Waals surface area contributed by atoms with Crippen LogP contribution in [0.4, 0.5) is 0 Å². The van der Waals surface area contributed by atoms with Crippen LogP contribution >= 0.6 is 22.6 Å². The molecule has 1 aromatic rings. The van der Waals surface area contributed by atoms with Crippen LogP contribution in [-0.4, -0.2) is 6.54 Å². The van der Waals surface area contributed by atoms with E-state index in [1.807, 2.05) is 0 Å². The standard InChI is InChI=1S/C11H14IN/c12-10-6-4-9(5-7-10)11-3-1-2-8-13-11/h4-7,11,13H,1-3,8H2. The minimum atomic E-state index is 0.603. The first kappa shape index (κ1) is 9.46. The zero-order valence-corrected chi connectivity index (χ0v) is 9.75. The average Bonchev–Trinajstić information content (AvgIpc) is 2.20. The number of hydrogen-bond donors (Lipinski definition) is 1. The molecule has 1 aliphatic rings. The van der Waals surface area contributed by atoms with Gasteiger partial charge < -0.3 is 5.32 Å². The highest BCUT2D eigenvalue weighted by atomic mass is 127. The van der Waals surface area contributed by atoms with E-state index in [-0.39, 0.29) is 0 Å². The molecule has 2 rings (SSSR count). The first-order valence-corrected chi connectivity index (χ1v) is 5.93. The molecule has 1 aliphatic heterocycles. The Morgan fingerprint density at radius 2 is 1.92 bits per heavy atom. The second-order valence-corrected chi connectivity index (χ2v) is 4.80. The van der Waals surface area contributed by atoms with E-state index in [1.54, 1.807) is 0 Å². The smallest absolute Gasteiger partial charge is 0.0320 e. The highest BCUT2D eigenvalue weighted by Crippen LogP contribution is 2.23. The maximum absolute atomic E-state index is 3.55. The van der Waals surface area contributed by atoms with E-state index in [0.717, 1.165) is 0 Å². The van der Waals surface area contributed by atoms with Crippen LogP contribution in [0.2, 0.25) is 0 Å². The number of hydrogen-bond acceptors (Lipinski definition) is 1. The van der Waals surface area contributed by atoms with Gasteiger partial charge in [-0.1, -0.05) is 18.6 Å². The monoisotopic (exact) mass is 287 g/mol.